The van der Waals surface area contributed by atoms with E-state index in [0.29, 0.717) is 85.2 Å². The van der Waals surface area contributed by atoms with E-state index in [4.69, 9.17) is 25.8 Å². The van der Waals surface area contributed by atoms with Crippen molar-refractivity contribution >= 4 is 35.2 Å². The largest absolute Gasteiger partial charge is 0.497 e. The third kappa shape index (κ3) is 7.24. The molecule has 11 heteroatoms. The first kappa shape index (κ1) is 31.9. The molecule has 0 saturated carbocycles. The van der Waals surface area contributed by atoms with Gasteiger partial charge in [-0.05, 0) is 67.6 Å². The normalized spacial score (nSPS) is 20.4. The SMILES string of the molecule is COc1ccc(OC)c(C(=O)N2CC3CN(CCCN(C(=O)OC4CCN(C(C)=O)CC4)c4ccc(C)c(Cl)c4)CC3C2)c1. The van der Waals surface area contributed by atoms with Crippen LogP contribution in [0.1, 0.15) is 42.1 Å². The van der Waals surface area contributed by atoms with Gasteiger partial charge in [-0.2, -0.15) is 0 Å². The van der Waals surface area contributed by atoms with Crippen molar-refractivity contribution in [2.24, 2.45) is 11.8 Å². The highest BCUT2D eigenvalue weighted by Gasteiger charge is 2.42. The van der Waals surface area contributed by atoms with Crippen LogP contribution in [-0.2, 0) is 9.53 Å². The van der Waals surface area contributed by atoms with Gasteiger partial charge in [-0.25, -0.2) is 4.79 Å². The minimum atomic E-state index is -0.383. The molecule has 0 aliphatic carbocycles. The summed E-state index contributed by atoms with van der Waals surface area (Å²) in [6.07, 6.45) is 1.43. The Bertz CT molecular complexity index is 1350. The number of halogens is 1. The van der Waals surface area contributed by atoms with Crippen LogP contribution in [0.3, 0.4) is 0 Å². The van der Waals surface area contributed by atoms with Crippen molar-refractivity contribution in [3.63, 3.8) is 0 Å². The van der Waals surface area contributed by atoms with Crippen LogP contribution in [0.2, 0.25) is 5.02 Å². The lowest BCUT2D eigenvalue weighted by Gasteiger charge is -2.32. The van der Waals surface area contributed by atoms with Gasteiger partial charge in [0.15, 0.2) is 0 Å². The van der Waals surface area contributed by atoms with Gasteiger partial charge >= 0.3 is 6.09 Å². The monoisotopic (exact) mass is 626 g/mol. The Hall–Kier alpha value is -3.50. The number of carbonyl (C=O) groups excluding carboxylic acids is 3. The Labute approximate surface area is 264 Å². The molecule has 2 aromatic rings. The van der Waals surface area contributed by atoms with Crippen molar-refractivity contribution < 1.29 is 28.6 Å². The van der Waals surface area contributed by atoms with Gasteiger partial charge in [0.1, 0.15) is 17.6 Å². The van der Waals surface area contributed by atoms with Crippen LogP contribution in [0, 0.1) is 18.8 Å². The van der Waals surface area contributed by atoms with Crippen LogP contribution in [0.25, 0.3) is 0 Å². The number of piperidine rings is 1. The predicted octanol–water partition coefficient (Wildman–Crippen LogP) is 4.71. The van der Waals surface area contributed by atoms with Crippen molar-refractivity contribution in [3.8, 4) is 11.5 Å². The Morgan fingerprint density at radius 3 is 2.25 bits per heavy atom. The standard InChI is InChI=1S/C33H43ClN4O6/c1-22-6-7-26(16-30(22)34)38(33(41)44-27-10-14-36(15-11-27)23(2)39)13-5-12-35-18-24-20-37(21-25(24)19-35)32(40)29-17-28(42-3)8-9-31(29)43-4/h6-9,16-17,24-25,27H,5,10-15,18-21H2,1-4H3. The second-order valence-electron chi connectivity index (χ2n) is 12.1. The van der Waals surface area contributed by atoms with Gasteiger partial charge in [0, 0.05) is 76.3 Å². The molecular weight excluding hydrogens is 584 g/mol. The number of benzene rings is 2. The zero-order valence-corrected chi connectivity index (χ0v) is 26.8. The molecule has 0 N–H and O–H groups in total. The van der Waals surface area contributed by atoms with Crippen molar-refractivity contribution in [3.05, 3.63) is 52.5 Å². The molecule has 2 atom stereocenters. The van der Waals surface area contributed by atoms with Crippen molar-refractivity contribution in [2.45, 2.75) is 39.2 Å². The number of carbonyl (C=O) groups is 3. The molecule has 3 saturated heterocycles. The first-order valence-electron chi connectivity index (χ1n) is 15.4. The number of aryl methyl sites for hydroxylation is 1. The molecular formula is C33H43ClN4O6. The molecule has 10 nitrogen and oxygen atoms in total. The maximum atomic E-state index is 13.4. The molecule has 0 bridgehead atoms. The van der Waals surface area contributed by atoms with Gasteiger partial charge in [0.25, 0.3) is 5.91 Å². The number of methoxy groups -OCH3 is 2. The second-order valence-corrected chi connectivity index (χ2v) is 12.5. The first-order chi connectivity index (χ1) is 21.2. The van der Waals surface area contributed by atoms with Gasteiger partial charge in [0.05, 0.1) is 19.8 Å². The zero-order valence-electron chi connectivity index (χ0n) is 26.1. The molecule has 0 aromatic heterocycles. The lowest BCUT2D eigenvalue weighted by atomic mass is 10.0. The fourth-order valence-corrected chi connectivity index (χ4v) is 6.79. The minimum Gasteiger partial charge on any atom is -0.497 e. The third-order valence-corrected chi connectivity index (χ3v) is 9.59. The highest BCUT2D eigenvalue weighted by molar-refractivity contribution is 6.31. The number of hydrogen-bond donors (Lipinski definition) is 0. The van der Waals surface area contributed by atoms with Crippen molar-refractivity contribution in [1.82, 2.24) is 14.7 Å². The number of amides is 3. The summed E-state index contributed by atoms with van der Waals surface area (Å²) in [5.41, 5.74) is 2.18. The van der Waals surface area contributed by atoms with Crippen LogP contribution in [0.15, 0.2) is 36.4 Å². The molecule has 3 amide bonds. The molecule has 44 heavy (non-hydrogen) atoms. The van der Waals surface area contributed by atoms with Crippen molar-refractivity contribution in [2.75, 3.05) is 71.5 Å². The van der Waals surface area contributed by atoms with E-state index in [1.54, 1.807) is 49.1 Å². The quantitative estimate of drug-likeness (QED) is 0.398. The Morgan fingerprint density at radius 1 is 0.932 bits per heavy atom. The number of ether oxygens (including phenoxy) is 3. The van der Waals surface area contributed by atoms with E-state index < -0.39 is 0 Å². The van der Waals surface area contributed by atoms with E-state index in [0.717, 1.165) is 31.6 Å². The molecule has 0 spiro atoms. The molecule has 5 rings (SSSR count). The van der Waals surface area contributed by atoms with Gasteiger partial charge in [-0.3, -0.25) is 14.5 Å². The van der Waals surface area contributed by atoms with Crippen LogP contribution in [-0.4, -0.2) is 105 Å². The van der Waals surface area contributed by atoms with Crippen molar-refractivity contribution in [1.29, 1.82) is 0 Å². The van der Waals surface area contributed by atoms with Crippen LogP contribution < -0.4 is 14.4 Å². The molecule has 3 aliphatic rings. The minimum absolute atomic E-state index is 0.0282. The molecule has 238 valence electrons. The molecule has 3 aliphatic heterocycles. The lowest BCUT2D eigenvalue weighted by molar-refractivity contribution is -0.130. The topological polar surface area (TPSA) is 91.9 Å². The summed E-state index contributed by atoms with van der Waals surface area (Å²) >= 11 is 6.43. The summed E-state index contributed by atoms with van der Waals surface area (Å²) in [6.45, 7) is 9.28. The van der Waals surface area contributed by atoms with E-state index in [2.05, 4.69) is 4.90 Å². The maximum absolute atomic E-state index is 13.4. The highest BCUT2D eigenvalue weighted by Crippen LogP contribution is 2.34. The van der Waals surface area contributed by atoms with E-state index in [-0.39, 0.29) is 24.0 Å². The van der Waals surface area contributed by atoms with E-state index in [9.17, 15) is 14.4 Å². The summed E-state index contributed by atoms with van der Waals surface area (Å²) in [5, 5.41) is 0.605. The average Bonchev–Trinajstić information content (AvgIpc) is 3.59. The number of rotatable bonds is 9. The smallest absolute Gasteiger partial charge is 0.414 e. The molecule has 2 aromatic carbocycles. The van der Waals surface area contributed by atoms with Gasteiger partial charge in [-0.15, -0.1) is 0 Å². The first-order valence-corrected chi connectivity index (χ1v) is 15.8. The summed E-state index contributed by atoms with van der Waals surface area (Å²) in [7, 11) is 3.16. The molecule has 2 unspecified atom stereocenters. The maximum Gasteiger partial charge on any atom is 0.414 e. The van der Waals surface area contributed by atoms with Gasteiger partial charge in [0.2, 0.25) is 5.91 Å². The third-order valence-electron chi connectivity index (χ3n) is 9.18. The van der Waals surface area contributed by atoms with Crippen LogP contribution in [0.4, 0.5) is 10.5 Å². The number of fused-ring (bicyclic) bond motifs is 1. The van der Waals surface area contributed by atoms with Gasteiger partial charge < -0.3 is 28.9 Å². The Morgan fingerprint density at radius 2 is 1.64 bits per heavy atom. The fourth-order valence-electron chi connectivity index (χ4n) is 6.61. The van der Waals surface area contributed by atoms with Gasteiger partial charge in [-0.1, -0.05) is 17.7 Å². The zero-order chi connectivity index (χ0) is 31.4. The summed E-state index contributed by atoms with van der Waals surface area (Å²) in [5.74, 6) is 2.02. The molecule has 3 fully saturated rings. The Kier molecular flexibility index (Phi) is 10.2. The summed E-state index contributed by atoms with van der Waals surface area (Å²) in [6, 6.07) is 10.9. The fraction of sp³-hybridized carbons (Fsp3) is 0.545. The van der Waals surface area contributed by atoms with E-state index in [1.165, 1.54) is 0 Å². The van der Waals surface area contributed by atoms with Crippen LogP contribution >= 0.6 is 11.6 Å². The predicted molar refractivity (Wildman–Crippen MR) is 169 cm³/mol. The van der Waals surface area contributed by atoms with E-state index >= 15 is 0 Å². The summed E-state index contributed by atoms with van der Waals surface area (Å²) < 4.78 is 16.7. The molecule has 0 radical (unpaired) electrons. The summed E-state index contributed by atoms with van der Waals surface area (Å²) in [4.78, 5) is 46.3. The lowest BCUT2D eigenvalue weighted by Crippen LogP contribution is -2.43. The number of nitrogens with zero attached hydrogens (tertiary/aromatic N) is 4. The van der Waals surface area contributed by atoms with E-state index in [1.807, 2.05) is 30.0 Å². The van der Waals surface area contributed by atoms with Crippen LogP contribution in [0.5, 0.6) is 11.5 Å². The average molecular weight is 627 g/mol. The highest BCUT2D eigenvalue weighted by atomic mass is 35.5. The second kappa shape index (κ2) is 14.1. The Balaban J connectivity index is 1.15. The molecule has 3 heterocycles. The number of hydrogen-bond acceptors (Lipinski definition) is 7. The number of anilines is 1. The number of likely N-dealkylation sites (tertiary alicyclic amines) is 3.